The van der Waals surface area contributed by atoms with Crippen molar-refractivity contribution in [3.05, 3.63) is 35.6 Å². The van der Waals surface area contributed by atoms with E-state index in [1.165, 1.54) is 12.1 Å². The van der Waals surface area contributed by atoms with Crippen LogP contribution in [-0.2, 0) is 14.3 Å². The number of hydrogen-bond acceptors (Lipinski definition) is 3. The Labute approximate surface area is 146 Å². The van der Waals surface area contributed by atoms with Gasteiger partial charge in [0.25, 0.3) is 0 Å². The molecule has 6 heteroatoms. The molecule has 0 radical (unpaired) electrons. The summed E-state index contributed by atoms with van der Waals surface area (Å²) >= 11 is 0. The standard InChI is InChI=1S/C19H23FN2O3/c20-14-4-1-3-13(11-14)15-12-16(15)18(23)22-6-2-5-17(22)19(24)21-7-9-25-10-8-21/h1,3-4,11,15-17H,2,5-10,12H2/t15-,16+,17+/m0/s1. The molecule has 0 aromatic heterocycles. The van der Waals surface area contributed by atoms with Gasteiger partial charge in [0.15, 0.2) is 0 Å². The van der Waals surface area contributed by atoms with Crippen molar-refractivity contribution in [2.45, 2.75) is 31.2 Å². The zero-order valence-electron chi connectivity index (χ0n) is 14.2. The molecule has 0 N–H and O–H groups in total. The summed E-state index contributed by atoms with van der Waals surface area (Å²) in [5, 5.41) is 0. The van der Waals surface area contributed by atoms with Crippen LogP contribution < -0.4 is 0 Å². The third-order valence-electron chi connectivity index (χ3n) is 5.53. The Balaban J connectivity index is 1.42. The lowest BCUT2D eigenvalue weighted by Gasteiger charge is -2.32. The Kier molecular flexibility index (Phi) is 4.46. The topological polar surface area (TPSA) is 49.9 Å². The van der Waals surface area contributed by atoms with Crippen LogP contribution in [0.25, 0.3) is 0 Å². The summed E-state index contributed by atoms with van der Waals surface area (Å²) in [5.74, 6) is -0.185. The van der Waals surface area contributed by atoms with Crippen molar-refractivity contribution in [2.24, 2.45) is 5.92 Å². The number of halogens is 1. The number of carbonyl (C=O) groups is 2. The molecule has 0 bridgehead atoms. The maximum atomic E-state index is 13.4. The fraction of sp³-hybridized carbons (Fsp3) is 0.579. The summed E-state index contributed by atoms with van der Waals surface area (Å²) in [6, 6.07) is 6.16. The van der Waals surface area contributed by atoms with E-state index in [2.05, 4.69) is 0 Å². The molecule has 1 aromatic rings. The molecular formula is C19H23FN2O3. The van der Waals surface area contributed by atoms with E-state index in [4.69, 9.17) is 4.74 Å². The minimum absolute atomic E-state index is 0.0529. The molecule has 2 amide bonds. The van der Waals surface area contributed by atoms with E-state index < -0.39 is 0 Å². The average Bonchev–Trinajstić information content (AvgIpc) is 3.29. The molecule has 3 fully saturated rings. The SMILES string of the molecule is O=C([C@H]1CCCN1C(=O)[C@@H]1C[C@H]1c1cccc(F)c1)N1CCOCC1. The van der Waals surface area contributed by atoms with Crippen molar-refractivity contribution in [1.82, 2.24) is 9.80 Å². The van der Waals surface area contributed by atoms with Crippen LogP contribution in [0.15, 0.2) is 24.3 Å². The summed E-state index contributed by atoms with van der Waals surface area (Å²) in [7, 11) is 0. The first kappa shape index (κ1) is 16.5. The van der Waals surface area contributed by atoms with Crippen molar-refractivity contribution in [2.75, 3.05) is 32.8 Å². The Hall–Kier alpha value is -1.95. The third kappa shape index (κ3) is 3.27. The van der Waals surface area contributed by atoms with Crippen LogP contribution >= 0.6 is 0 Å². The van der Waals surface area contributed by atoms with Crippen molar-refractivity contribution in [3.63, 3.8) is 0 Å². The molecule has 0 spiro atoms. The van der Waals surface area contributed by atoms with E-state index in [1.807, 2.05) is 11.0 Å². The van der Waals surface area contributed by atoms with E-state index in [-0.39, 0.29) is 35.5 Å². The van der Waals surface area contributed by atoms with Crippen molar-refractivity contribution < 1.29 is 18.7 Å². The van der Waals surface area contributed by atoms with Gasteiger partial charge in [0.05, 0.1) is 13.2 Å². The Bertz CT molecular complexity index is 674. The highest BCUT2D eigenvalue weighted by molar-refractivity contribution is 5.90. The molecule has 1 aromatic carbocycles. The van der Waals surface area contributed by atoms with E-state index in [0.717, 1.165) is 24.8 Å². The van der Waals surface area contributed by atoms with E-state index in [1.54, 1.807) is 11.0 Å². The minimum atomic E-state index is -0.334. The second kappa shape index (κ2) is 6.75. The molecule has 2 aliphatic heterocycles. The maximum Gasteiger partial charge on any atom is 0.245 e. The van der Waals surface area contributed by atoms with Gasteiger partial charge in [0.1, 0.15) is 11.9 Å². The van der Waals surface area contributed by atoms with Crippen molar-refractivity contribution in [3.8, 4) is 0 Å². The number of carbonyl (C=O) groups excluding carboxylic acids is 2. The predicted octanol–water partition coefficient (Wildman–Crippen LogP) is 1.78. The smallest absolute Gasteiger partial charge is 0.245 e. The lowest BCUT2D eigenvalue weighted by molar-refractivity contribution is -0.147. The molecule has 2 heterocycles. The van der Waals surface area contributed by atoms with Crippen molar-refractivity contribution >= 4 is 11.8 Å². The Morgan fingerprint density at radius 1 is 1.12 bits per heavy atom. The van der Waals surface area contributed by atoms with Gasteiger partial charge >= 0.3 is 0 Å². The van der Waals surface area contributed by atoms with Crippen LogP contribution in [0.5, 0.6) is 0 Å². The van der Waals surface area contributed by atoms with Crippen LogP contribution in [0.3, 0.4) is 0 Å². The van der Waals surface area contributed by atoms with Crippen LogP contribution in [0.4, 0.5) is 4.39 Å². The second-order valence-corrected chi connectivity index (χ2v) is 7.13. The van der Waals surface area contributed by atoms with Crippen LogP contribution in [0, 0.1) is 11.7 Å². The number of benzene rings is 1. The highest BCUT2D eigenvalue weighted by Gasteiger charge is 2.49. The number of morpholine rings is 1. The Morgan fingerprint density at radius 2 is 1.92 bits per heavy atom. The molecule has 0 unspecified atom stereocenters. The summed E-state index contributed by atoms with van der Waals surface area (Å²) in [5.41, 5.74) is 0.883. The fourth-order valence-electron chi connectivity index (χ4n) is 4.07. The molecule has 1 saturated carbocycles. The van der Waals surface area contributed by atoms with Gasteiger partial charge in [0.2, 0.25) is 11.8 Å². The molecule has 3 atom stereocenters. The number of likely N-dealkylation sites (tertiary alicyclic amines) is 1. The van der Waals surface area contributed by atoms with Gasteiger partial charge in [-0.3, -0.25) is 9.59 Å². The fourth-order valence-corrected chi connectivity index (χ4v) is 4.07. The van der Waals surface area contributed by atoms with E-state index in [0.29, 0.717) is 32.8 Å². The first-order valence-corrected chi connectivity index (χ1v) is 9.07. The molecule has 3 aliphatic rings. The number of ether oxygens (including phenoxy) is 1. The molecule has 2 saturated heterocycles. The first-order chi connectivity index (χ1) is 12.1. The molecular weight excluding hydrogens is 323 g/mol. The lowest BCUT2D eigenvalue weighted by Crippen LogP contribution is -2.51. The number of hydrogen-bond donors (Lipinski definition) is 0. The monoisotopic (exact) mass is 346 g/mol. The first-order valence-electron chi connectivity index (χ1n) is 9.07. The highest BCUT2D eigenvalue weighted by atomic mass is 19.1. The van der Waals surface area contributed by atoms with E-state index in [9.17, 15) is 14.0 Å². The predicted molar refractivity (Wildman–Crippen MR) is 89.4 cm³/mol. The van der Waals surface area contributed by atoms with Gasteiger partial charge in [0, 0.05) is 25.6 Å². The van der Waals surface area contributed by atoms with E-state index >= 15 is 0 Å². The molecule has 25 heavy (non-hydrogen) atoms. The zero-order valence-corrected chi connectivity index (χ0v) is 14.2. The summed E-state index contributed by atoms with van der Waals surface area (Å²) < 4.78 is 18.7. The molecule has 4 rings (SSSR count). The third-order valence-corrected chi connectivity index (χ3v) is 5.53. The number of nitrogens with zero attached hydrogens (tertiary/aromatic N) is 2. The van der Waals surface area contributed by atoms with Gasteiger partial charge < -0.3 is 14.5 Å². The minimum Gasteiger partial charge on any atom is -0.378 e. The lowest BCUT2D eigenvalue weighted by atomic mass is 10.1. The number of rotatable bonds is 3. The zero-order chi connectivity index (χ0) is 17.4. The molecule has 134 valence electrons. The summed E-state index contributed by atoms with van der Waals surface area (Å²) in [6.45, 7) is 2.98. The van der Waals surface area contributed by atoms with Gasteiger partial charge in [-0.05, 0) is 42.9 Å². The van der Waals surface area contributed by atoms with Crippen molar-refractivity contribution in [1.29, 1.82) is 0 Å². The summed E-state index contributed by atoms with van der Waals surface area (Å²) in [4.78, 5) is 29.3. The van der Waals surface area contributed by atoms with Gasteiger partial charge in [-0.2, -0.15) is 0 Å². The quantitative estimate of drug-likeness (QED) is 0.838. The van der Waals surface area contributed by atoms with Gasteiger partial charge in [-0.25, -0.2) is 4.39 Å². The summed E-state index contributed by atoms with van der Waals surface area (Å²) in [6.07, 6.45) is 2.35. The number of amides is 2. The van der Waals surface area contributed by atoms with Gasteiger partial charge in [-0.1, -0.05) is 12.1 Å². The normalized spacial score (nSPS) is 28.9. The van der Waals surface area contributed by atoms with Crippen LogP contribution in [-0.4, -0.2) is 60.5 Å². The second-order valence-electron chi connectivity index (χ2n) is 7.13. The molecule has 1 aliphatic carbocycles. The van der Waals surface area contributed by atoms with Crippen LogP contribution in [0.2, 0.25) is 0 Å². The Morgan fingerprint density at radius 3 is 2.68 bits per heavy atom. The largest absolute Gasteiger partial charge is 0.378 e. The maximum absolute atomic E-state index is 13.4. The average molecular weight is 346 g/mol. The molecule has 5 nitrogen and oxygen atoms in total. The van der Waals surface area contributed by atoms with Gasteiger partial charge in [-0.15, -0.1) is 0 Å². The highest BCUT2D eigenvalue weighted by Crippen LogP contribution is 2.49. The van der Waals surface area contributed by atoms with Crippen LogP contribution in [0.1, 0.15) is 30.7 Å².